The van der Waals surface area contributed by atoms with Crippen LogP contribution in [0.3, 0.4) is 0 Å². The fourth-order valence-electron chi connectivity index (χ4n) is 4.06. The smallest absolute Gasteiger partial charge is 0.414 e. The van der Waals surface area contributed by atoms with Gasteiger partial charge < -0.3 is 5.11 Å². The summed E-state index contributed by atoms with van der Waals surface area (Å²) < 4.78 is 27.9. The van der Waals surface area contributed by atoms with E-state index < -0.39 is 46.6 Å². The quantitative estimate of drug-likeness (QED) is 0.680. The molecule has 0 aliphatic heterocycles. The minimum atomic E-state index is -3.03. The molecular weight excluding hydrogens is 441 g/mol. The average molecular weight is 461 g/mol. The standard InChI is InChI=1S/C19H20Cl2F2N4O3/c1-18(2,3)19(6-11(19)14-12(21)5-9(20)7-24-14)27(17(29)30)16(28)10-8-26(4)25-13(10)15(22)23/h5,7-8,11,15H,6H2,1-4H3,(H,29,30). The highest BCUT2D eigenvalue weighted by Crippen LogP contribution is 2.65. The lowest BCUT2D eigenvalue weighted by molar-refractivity contribution is 0.0425. The zero-order valence-electron chi connectivity index (χ0n) is 16.7. The molecule has 0 radical (unpaired) electrons. The molecule has 1 aliphatic carbocycles. The molecule has 0 saturated heterocycles. The summed E-state index contributed by atoms with van der Waals surface area (Å²) in [5, 5.41) is 14.1. The van der Waals surface area contributed by atoms with Crippen molar-refractivity contribution in [2.75, 3.05) is 0 Å². The van der Waals surface area contributed by atoms with Gasteiger partial charge in [-0.3, -0.25) is 14.5 Å². The van der Waals surface area contributed by atoms with E-state index >= 15 is 0 Å². The topological polar surface area (TPSA) is 88.3 Å². The Kier molecular flexibility index (Phi) is 5.57. The van der Waals surface area contributed by atoms with Gasteiger partial charge in [-0.15, -0.1) is 0 Å². The lowest BCUT2D eigenvalue weighted by Gasteiger charge is -2.39. The van der Waals surface area contributed by atoms with Gasteiger partial charge in [0.05, 0.1) is 26.8 Å². The molecule has 1 aliphatic rings. The zero-order valence-corrected chi connectivity index (χ0v) is 18.2. The van der Waals surface area contributed by atoms with Crippen molar-refractivity contribution in [3.8, 4) is 0 Å². The molecule has 0 aromatic carbocycles. The van der Waals surface area contributed by atoms with E-state index in [-0.39, 0.29) is 11.4 Å². The highest BCUT2D eigenvalue weighted by atomic mass is 35.5. The second-order valence-electron chi connectivity index (χ2n) is 8.28. The fourth-order valence-corrected chi connectivity index (χ4v) is 4.57. The Morgan fingerprint density at radius 2 is 2.00 bits per heavy atom. The van der Waals surface area contributed by atoms with Gasteiger partial charge in [-0.2, -0.15) is 5.10 Å². The predicted octanol–water partition coefficient (Wildman–Crippen LogP) is 5.15. The Bertz CT molecular complexity index is 1020. The van der Waals surface area contributed by atoms with Crippen molar-refractivity contribution in [1.29, 1.82) is 0 Å². The van der Waals surface area contributed by atoms with Crippen LogP contribution in [-0.2, 0) is 7.05 Å². The molecule has 1 saturated carbocycles. The van der Waals surface area contributed by atoms with Crippen LogP contribution in [0.25, 0.3) is 0 Å². The molecular formula is C19H20Cl2F2N4O3. The lowest BCUT2D eigenvalue weighted by atomic mass is 9.80. The van der Waals surface area contributed by atoms with E-state index in [1.807, 2.05) is 0 Å². The van der Waals surface area contributed by atoms with Gasteiger partial charge in [0.15, 0.2) is 0 Å². The van der Waals surface area contributed by atoms with Gasteiger partial charge in [-0.25, -0.2) is 18.5 Å². The van der Waals surface area contributed by atoms with Crippen LogP contribution in [0.15, 0.2) is 18.5 Å². The minimum absolute atomic E-state index is 0.242. The Morgan fingerprint density at radius 3 is 2.50 bits per heavy atom. The van der Waals surface area contributed by atoms with Crippen molar-refractivity contribution in [3.05, 3.63) is 45.5 Å². The highest BCUT2D eigenvalue weighted by molar-refractivity contribution is 6.34. The number of rotatable bonds is 4. The molecule has 30 heavy (non-hydrogen) atoms. The number of pyridine rings is 1. The van der Waals surface area contributed by atoms with Gasteiger partial charge >= 0.3 is 6.09 Å². The molecule has 1 fully saturated rings. The SMILES string of the molecule is Cn1cc(C(=O)N(C(=O)O)C2(C(C)(C)C)CC2c2ncc(Cl)cc2Cl)c(C(F)F)n1. The molecule has 0 spiro atoms. The summed E-state index contributed by atoms with van der Waals surface area (Å²) >= 11 is 12.2. The second kappa shape index (κ2) is 7.46. The first kappa shape index (κ1) is 22.4. The Morgan fingerprint density at radius 1 is 1.37 bits per heavy atom. The van der Waals surface area contributed by atoms with Crippen LogP contribution >= 0.6 is 23.2 Å². The van der Waals surface area contributed by atoms with E-state index in [0.717, 1.165) is 10.9 Å². The first-order chi connectivity index (χ1) is 13.8. The molecule has 3 rings (SSSR count). The van der Waals surface area contributed by atoms with Crippen molar-refractivity contribution in [2.45, 2.75) is 45.1 Å². The summed E-state index contributed by atoms with van der Waals surface area (Å²) in [7, 11) is 1.38. The maximum atomic E-state index is 13.4. The number of halogens is 4. The van der Waals surface area contributed by atoms with Crippen molar-refractivity contribution in [1.82, 2.24) is 19.7 Å². The number of carboxylic acid groups (broad SMARTS) is 1. The number of nitrogens with zero attached hydrogens (tertiary/aromatic N) is 4. The van der Waals surface area contributed by atoms with E-state index in [2.05, 4.69) is 10.1 Å². The zero-order chi connectivity index (χ0) is 22.6. The highest BCUT2D eigenvalue weighted by Gasteiger charge is 2.69. The summed E-state index contributed by atoms with van der Waals surface area (Å²) in [6.07, 6.45) is -1.86. The molecule has 2 aromatic heterocycles. The first-order valence-corrected chi connectivity index (χ1v) is 9.77. The van der Waals surface area contributed by atoms with E-state index in [4.69, 9.17) is 23.2 Å². The third kappa shape index (κ3) is 3.54. The number of carbonyl (C=O) groups excluding carboxylic acids is 1. The Labute approximate surface area is 181 Å². The predicted molar refractivity (Wildman–Crippen MR) is 106 cm³/mol. The number of hydrogen-bond acceptors (Lipinski definition) is 4. The maximum Gasteiger partial charge on any atom is 0.414 e. The lowest BCUT2D eigenvalue weighted by Crippen LogP contribution is -2.53. The number of amides is 2. The third-order valence-corrected chi connectivity index (χ3v) is 5.99. The molecule has 7 nitrogen and oxygen atoms in total. The third-order valence-electron chi connectivity index (χ3n) is 5.48. The average Bonchev–Trinajstić information content (AvgIpc) is 3.20. The van der Waals surface area contributed by atoms with Crippen LogP contribution < -0.4 is 0 Å². The van der Waals surface area contributed by atoms with E-state index in [1.54, 1.807) is 20.8 Å². The summed E-state index contributed by atoms with van der Waals surface area (Å²) in [5.74, 6) is -1.58. The summed E-state index contributed by atoms with van der Waals surface area (Å²) in [6.45, 7) is 5.33. The second-order valence-corrected chi connectivity index (χ2v) is 9.12. The van der Waals surface area contributed by atoms with E-state index in [1.165, 1.54) is 19.3 Å². The van der Waals surface area contributed by atoms with Gasteiger partial charge in [0, 0.05) is 25.4 Å². The summed E-state index contributed by atoms with van der Waals surface area (Å²) in [4.78, 5) is 30.4. The monoisotopic (exact) mass is 460 g/mol. The summed E-state index contributed by atoms with van der Waals surface area (Å²) in [5.41, 5.74) is -2.81. The largest absolute Gasteiger partial charge is 0.465 e. The number of hydrogen-bond donors (Lipinski definition) is 1. The molecule has 1 N–H and O–H groups in total. The van der Waals surface area contributed by atoms with Gasteiger partial charge in [0.1, 0.15) is 5.69 Å². The first-order valence-electron chi connectivity index (χ1n) is 9.01. The van der Waals surface area contributed by atoms with Crippen molar-refractivity contribution in [2.24, 2.45) is 12.5 Å². The molecule has 2 aromatic rings. The maximum absolute atomic E-state index is 13.4. The molecule has 162 valence electrons. The van der Waals surface area contributed by atoms with E-state index in [9.17, 15) is 23.5 Å². The number of imide groups is 1. The number of alkyl halides is 2. The fraction of sp³-hybridized carbons (Fsp3) is 0.474. The van der Waals surface area contributed by atoms with E-state index in [0.29, 0.717) is 15.6 Å². The van der Waals surface area contributed by atoms with Crippen LogP contribution in [-0.4, -0.2) is 42.3 Å². The van der Waals surface area contributed by atoms with Crippen LogP contribution in [0.2, 0.25) is 10.0 Å². The Hall–Kier alpha value is -2.26. The number of aryl methyl sites for hydroxylation is 1. The van der Waals surface area contributed by atoms with Crippen LogP contribution in [0, 0.1) is 5.41 Å². The molecule has 11 heteroatoms. The molecule has 2 atom stereocenters. The van der Waals surface area contributed by atoms with Gasteiger partial charge in [0.2, 0.25) is 0 Å². The molecule has 2 unspecified atom stereocenters. The summed E-state index contributed by atoms with van der Waals surface area (Å²) in [6, 6.07) is 1.49. The minimum Gasteiger partial charge on any atom is -0.465 e. The van der Waals surface area contributed by atoms with Crippen molar-refractivity contribution in [3.63, 3.8) is 0 Å². The van der Waals surface area contributed by atoms with Crippen LogP contribution in [0.4, 0.5) is 13.6 Å². The van der Waals surface area contributed by atoms with Crippen LogP contribution in [0.5, 0.6) is 0 Å². The Balaban J connectivity index is 2.13. The van der Waals surface area contributed by atoms with Crippen LogP contribution in [0.1, 0.15) is 61.3 Å². The van der Waals surface area contributed by atoms with Crippen molar-refractivity contribution >= 4 is 35.2 Å². The number of aromatic nitrogens is 3. The molecule has 2 amide bonds. The molecule has 2 heterocycles. The normalized spacial score (nSPS) is 21.0. The van der Waals surface area contributed by atoms with Gasteiger partial charge in [0.25, 0.3) is 12.3 Å². The van der Waals surface area contributed by atoms with Gasteiger partial charge in [-0.1, -0.05) is 44.0 Å². The van der Waals surface area contributed by atoms with Gasteiger partial charge in [-0.05, 0) is 17.9 Å². The number of carbonyl (C=O) groups is 2. The molecule has 0 bridgehead atoms. The van der Waals surface area contributed by atoms with Crippen molar-refractivity contribution < 1.29 is 23.5 Å².